The molecular formula is C20H18N4O7. The third-order valence-electron chi connectivity index (χ3n) is 4.61. The predicted molar refractivity (Wildman–Crippen MR) is 110 cm³/mol. The molecule has 0 aliphatic carbocycles. The summed E-state index contributed by atoms with van der Waals surface area (Å²) in [5.41, 5.74) is -0.0705. The molecule has 0 saturated carbocycles. The molecule has 11 nitrogen and oxygen atoms in total. The van der Waals surface area contributed by atoms with Gasteiger partial charge in [0.25, 0.3) is 17.3 Å². The smallest absolute Gasteiger partial charge is 0.328 e. The number of H-pyrrole nitrogens is 1. The van der Waals surface area contributed by atoms with E-state index in [1.807, 2.05) is 24.3 Å². The van der Waals surface area contributed by atoms with Crippen LogP contribution in [-0.2, 0) is 16.0 Å². The number of non-ortho nitro benzene ring substituents is 1. The lowest BCUT2D eigenvalue weighted by molar-refractivity contribution is -0.394. The van der Waals surface area contributed by atoms with Crippen molar-refractivity contribution in [3.63, 3.8) is 0 Å². The topological polar surface area (TPSA) is 157 Å². The number of amides is 1. The number of nitro benzene ring substituents is 2. The number of nitrogens with one attached hydrogen (secondary N) is 2. The molecule has 3 rings (SSSR count). The van der Waals surface area contributed by atoms with Gasteiger partial charge >= 0.3 is 5.97 Å². The van der Waals surface area contributed by atoms with Crippen LogP contribution in [0, 0.1) is 20.2 Å². The van der Waals surface area contributed by atoms with Gasteiger partial charge in [-0.05, 0) is 24.6 Å². The van der Waals surface area contributed by atoms with Crippen molar-refractivity contribution in [3.8, 4) is 0 Å². The summed E-state index contributed by atoms with van der Waals surface area (Å²) in [5.74, 6) is -1.62. The van der Waals surface area contributed by atoms with Gasteiger partial charge in [-0.3, -0.25) is 25.0 Å². The van der Waals surface area contributed by atoms with Crippen LogP contribution in [0.5, 0.6) is 0 Å². The van der Waals surface area contributed by atoms with Gasteiger partial charge in [-0.1, -0.05) is 18.2 Å². The minimum absolute atomic E-state index is 0.0787. The van der Waals surface area contributed by atoms with Gasteiger partial charge in [-0.25, -0.2) is 4.79 Å². The third-order valence-corrected chi connectivity index (χ3v) is 4.61. The summed E-state index contributed by atoms with van der Waals surface area (Å²) in [6.45, 7) is 1.69. The number of carbonyl (C=O) groups excluding carboxylic acids is 2. The molecule has 2 aromatic carbocycles. The second kappa shape index (κ2) is 9.03. The van der Waals surface area contributed by atoms with Crippen LogP contribution in [0.4, 0.5) is 11.4 Å². The first-order valence-electron chi connectivity index (χ1n) is 9.27. The first kappa shape index (κ1) is 21.4. The van der Waals surface area contributed by atoms with Gasteiger partial charge < -0.3 is 15.0 Å². The number of hydrogen-bond donors (Lipinski definition) is 2. The molecule has 1 aromatic heterocycles. The Morgan fingerprint density at radius 1 is 1.13 bits per heavy atom. The van der Waals surface area contributed by atoms with Crippen molar-refractivity contribution in [1.82, 2.24) is 10.3 Å². The Labute approximate surface area is 175 Å². The second-order valence-corrected chi connectivity index (χ2v) is 6.56. The van der Waals surface area contributed by atoms with Crippen LogP contribution in [0.2, 0.25) is 0 Å². The molecule has 2 N–H and O–H groups in total. The summed E-state index contributed by atoms with van der Waals surface area (Å²) in [6.07, 6.45) is 1.78. The van der Waals surface area contributed by atoms with Crippen molar-refractivity contribution in [3.05, 3.63) is 80.0 Å². The fourth-order valence-electron chi connectivity index (χ4n) is 3.17. The van der Waals surface area contributed by atoms with Crippen LogP contribution >= 0.6 is 0 Å². The zero-order valence-corrected chi connectivity index (χ0v) is 16.4. The Bertz CT molecular complexity index is 1170. The van der Waals surface area contributed by atoms with E-state index in [0.717, 1.165) is 28.6 Å². The average Bonchev–Trinajstić information content (AvgIpc) is 3.15. The fourth-order valence-corrected chi connectivity index (χ4v) is 3.17. The molecule has 0 radical (unpaired) electrons. The quantitative estimate of drug-likeness (QED) is 0.318. The van der Waals surface area contributed by atoms with Gasteiger partial charge in [0.05, 0.1) is 22.5 Å². The largest absolute Gasteiger partial charge is 0.464 e. The molecule has 0 unspecified atom stereocenters. The van der Waals surface area contributed by atoms with Crippen LogP contribution in [0.25, 0.3) is 10.9 Å². The first-order valence-corrected chi connectivity index (χ1v) is 9.27. The SMILES string of the molecule is CCOC(=O)[C@@H](Cc1c[nH]c2ccccc12)NC(=O)c1ccc([N+](=O)[O-])cc1[N+](=O)[O-]. The summed E-state index contributed by atoms with van der Waals surface area (Å²) in [4.78, 5) is 48.8. The number of benzene rings is 2. The van der Waals surface area contributed by atoms with E-state index < -0.39 is 44.7 Å². The van der Waals surface area contributed by atoms with Gasteiger partial charge in [-0.15, -0.1) is 0 Å². The average molecular weight is 426 g/mol. The van der Waals surface area contributed by atoms with Crippen molar-refractivity contribution in [2.45, 2.75) is 19.4 Å². The summed E-state index contributed by atoms with van der Waals surface area (Å²) >= 11 is 0. The van der Waals surface area contributed by atoms with Crippen molar-refractivity contribution < 1.29 is 24.2 Å². The number of fused-ring (bicyclic) bond motifs is 1. The Morgan fingerprint density at radius 2 is 1.87 bits per heavy atom. The number of esters is 1. The standard InChI is InChI=1S/C20H18N4O7/c1-2-31-20(26)17(9-12-11-21-16-6-4-3-5-14(12)16)22-19(25)15-8-7-13(23(27)28)10-18(15)24(29)30/h3-8,10-11,17,21H,2,9H2,1H3,(H,22,25)/t17-/m1/s1. The van der Waals surface area contributed by atoms with Crippen molar-refractivity contribution in [1.29, 1.82) is 0 Å². The minimum atomic E-state index is -1.12. The molecule has 11 heteroatoms. The number of para-hydroxylation sites is 1. The molecule has 1 atom stereocenters. The first-order chi connectivity index (χ1) is 14.8. The van der Waals surface area contributed by atoms with Gasteiger partial charge in [0, 0.05) is 29.6 Å². The lowest BCUT2D eigenvalue weighted by Crippen LogP contribution is -2.43. The molecule has 0 aliphatic heterocycles. The lowest BCUT2D eigenvalue weighted by Gasteiger charge is -2.17. The van der Waals surface area contributed by atoms with E-state index in [4.69, 9.17) is 4.74 Å². The highest BCUT2D eigenvalue weighted by Crippen LogP contribution is 2.25. The van der Waals surface area contributed by atoms with Gasteiger partial charge in [0.2, 0.25) is 0 Å². The van der Waals surface area contributed by atoms with E-state index in [9.17, 15) is 29.8 Å². The van der Waals surface area contributed by atoms with Crippen LogP contribution in [0.1, 0.15) is 22.8 Å². The highest BCUT2D eigenvalue weighted by Gasteiger charge is 2.29. The van der Waals surface area contributed by atoms with E-state index in [-0.39, 0.29) is 13.0 Å². The number of carbonyl (C=O) groups is 2. The van der Waals surface area contributed by atoms with Gasteiger partial charge in [0.15, 0.2) is 0 Å². The summed E-state index contributed by atoms with van der Waals surface area (Å²) < 4.78 is 5.04. The highest BCUT2D eigenvalue weighted by atomic mass is 16.6. The number of nitro groups is 2. The Hall–Kier alpha value is -4.28. The van der Waals surface area contributed by atoms with Crippen molar-refractivity contribution >= 4 is 34.2 Å². The summed E-state index contributed by atoms with van der Waals surface area (Å²) in [7, 11) is 0. The van der Waals surface area contributed by atoms with Crippen LogP contribution in [-0.4, -0.2) is 39.4 Å². The molecule has 3 aromatic rings. The Morgan fingerprint density at radius 3 is 2.55 bits per heavy atom. The monoisotopic (exact) mass is 426 g/mol. The Kier molecular flexibility index (Phi) is 6.24. The zero-order chi connectivity index (χ0) is 22.5. The molecule has 1 amide bonds. The van der Waals surface area contributed by atoms with Crippen LogP contribution < -0.4 is 5.32 Å². The zero-order valence-electron chi connectivity index (χ0n) is 16.4. The van der Waals surface area contributed by atoms with Gasteiger partial charge in [0.1, 0.15) is 11.6 Å². The molecule has 0 bridgehead atoms. The van der Waals surface area contributed by atoms with E-state index in [1.165, 1.54) is 0 Å². The lowest BCUT2D eigenvalue weighted by atomic mass is 10.0. The molecule has 0 spiro atoms. The maximum absolute atomic E-state index is 12.8. The highest BCUT2D eigenvalue weighted by molar-refractivity contribution is 6.00. The number of hydrogen-bond acceptors (Lipinski definition) is 7. The normalized spacial score (nSPS) is 11.6. The fraction of sp³-hybridized carbons (Fsp3) is 0.200. The van der Waals surface area contributed by atoms with E-state index in [0.29, 0.717) is 6.07 Å². The predicted octanol–water partition coefficient (Wildman–Crippen LogP) is 2.89. The van der Waals surface area contributed by atoms with Crippen molar-refractivity contribution in [2.75, 3.05) is 6.61 Å². The molecule has 160 valence electrons. The summed E-state index contributed by atoms with van der Waals surface area (Å²) in [5, 5.41) is 25.5. The molecule has 1 heterocycles. The van der Waals surface area contributed by atoms with Crippen LogP contribution in [0.3, 0.4) is 0 Å². The Balaban J connectivity index is 1.91. The number of aromatic nitrogens is 1. The van der Waals surface area contributed by atoms with E-state index in [2.05, 4.69) is 10.3 Å². The third kappa shape index (κ3) is 4.66. The minimum Gasteiger partial charge on any atom is -0.464 e. The maximum Gasteiger partial charge on any atom is 0.328 e. The number of aromatic amines is 1. The molecule has 0 saturated heterocycles. The number of rotatable bonds is 8. The number of ether oxygens (including phenoxy) is 1. The molecule has 0 aliphatic rings. The van der Waals surface area contributed by atoms with Crippen molar-refractivity contribution in [2.24, 2.45) is 0 Å². The maximum atomic E-state index is 12.8. The molecular weight excluding hydrogens is 408 g/mol. The van der Waals surface area contributed by atoms with E-state index in [1.54, 1.807) is 13.1 Å². The second-order valence-electron chi connectivity index (χ2n) is 6.56. The molecule has 31 heavy (non-hydrogen) atoms. The summed E-state index contributed by atoms with van der Waals surface area (Å²) in [6, 6.07) is 8.94. The van der Waals surface area contributed by atoms with Gasteiger partial charge in [-0.2, -0.15) is 0 Å². The number of nitrogens with zero attached hydrogens (tertiary/aromatic N) is 2. The molecule has 0 fully saturated rings. The van der Waals surface area contributed by atoms with Crippen LogP contribution in [0.15, 0.2) is 48.7 Å². The van der Waals surface area contributed by atoms with E-state index >= 15 is 0 Å².